The largest absolute Gasteiger partial charge is 0.353 e. The van der Waals surface area contributed by atoms with E-state index in [1.54, 1.807) is 0 Å². The summed E-state index contributed by atoms with van der Waals surface area (Å²) in [7, 11) is 0. The maximum atomic E-state index is 11.0. The van der Waals surface area contributed by atoms with E-state index in [2.05, 4.69) is 15.3 Å². The molecule has 2 rings (SSSR count). The Morgan fingerprint density at radius 3 is 3.06 bits per heavy atom. The van der Waals surface area contributed by atoms with Crippen LogP contribution in [-0.2, 0) is 4.79 Å². The van der Waals surface area contributed by atoms with Crippen LogP contribution in [0.15, 0.2) is 6.20 Å². The second-order valence-electron chi connectivity index (χ2n) is 3.94. The normalized spacial score (nSPS) is 19.5. The van der Waals surface area contributed by atoms with E-state index >= 15 is 0 Å². The van der Waals surface area contributed by atoms with E-state index in [1.807, 2.05) is 4.90 Å². The van der Waals surface area contributed by atoms with Gasteiger partial charge < -0.3 is 10.2 Å². The third kappa shape index (κ3) is 2.98. The number of rotatable bonds is 2. The van der Waals surface area contributed by atoms with E-state index in [0.29, 0.717) is 17.4 Å². The van der Waals surface area contributed by atoms with Gasteiger partial charge in [0.05, 0.1) is 6.20 Å². The minimum Gasteiger partial charge on any atom is -0.353 e. The summed E-state index contributed by atoms with van der Waals surface area (Å²) in [4.78, 5) is 20.9. The van der Waals surface area contributed by atoms with Gasteiger partial charge in [0.25, 0.3) is 0 Å². The molecule has 1 aromatic heterocycles. The standard InChI is InChI=1S/C10H12Cl2N4O/c1-6(17)14-7-2-3-16(5-7)9-8(11)4-13-10(12)15-9/h4,7H,2-3,5H2,1H3,(H,14,17). The highest BCUT2D eigenvalue weighted by atomic mass is 35.5. The van der Waals surface area contributed by atoms with Crippen LogP contribution in [-0.4, -0.2) is 35.0 Å². The number of hydrogen-bond acceptors (Lipinski definition) is 4. The van der Waals surface area contributed by atoms with Gasteiger partial charge in [-0.25, -0.2) is 4.98 Å². The second-order valence-corrected chi connectivity index (χ2v) is 4.69. The zero-order valence-electron chi connectivity index (χ0n) is 9.28. The van der Waals surface area contributed by atoms with Crippen LogP contribution in [0.2, 0.25) is 10.3 Å². The SMILES string of the molecule is CC(=O)NC1CCN(c2nc(Cl)ncc2Cl)C1. The Balaban J connectivity index is 2.09. The number of nitrogens with zero attached hydrogens (tertiary/aromatic N) is 3. The van der Waals surface area contributed by atoms with Crippen molar-refractivity contribution in [2.24, 2.45) is 0 Å². The van der Waals surface area contributed by atoms with Gasteiger partial charge in [0.15, 0.2) is 5.82 Å². The first-order valence-electron chi connectivity index (χ1n) is 5.26. The average molecular weight is 275 g/mol. The van der Waals surface area contributed by atoms with Gasteiger partial charge >= 0.3 is 0 Å². The lowest BCUT2D eigenvalue weighted by Gasteiger charge is -2.18. The number of hydrogen-bond donors (Lipinski definition) is 1. The molecule has 2 heterocycles. The van der Waals surface area contributed by atoms with Crippen LogP contribution in [0.3, 0.4) is 0 Å². The molecule has 92 valence electrons. The van der Waals surface area contributed by atoms with Gasteiger partial charge in [-0.05, 0) is 18.0 Å². The predicted molar refractivity (Wildman–Crippen MR) is 66.5 cm³/mol. The lowest BCUT2D eigenvalue weighted by molar-refractivity contribution is -0.119. The minimum atomic E-state index is -0.0244. The first-order valence-corrected chi connectivity index (χ1v) is 6.02. The molecule has 0 aliphatic carbocycles. The number of aromatic nitrogens is 2. The Labute approximate surface area is 109 Å². The number of halogens is 2. The van der Waals surface area contributed by atoms with Gasteiger partial charge in [-0.1, -0.05) is 11.6 Å². The Morgan fingerprint density at radius 2 is 2.35 bits per heavy atom. The van der Waals surface area contributed by atoms with Crippen LogP contribution >= 0.6 is 23.2 Å². The van der Waals surface area contributed by atoms with E-state index in [9.17, 15) is 4.79 Å². The molecule has 0 radical (unpaired) electrons. The smallest absolute Gasteiger partial charge is 0.224 e. The van der Waals surface area contributed by atoms with Crippen LogP contribution in [0.5, 0.6) is 0 Å². The maximum Gasteiger partial charge on any atom is 0.224 e. The fourth-order valence-electron chi connectivity index (χ4n) is 1.92. The fourth-order valence-corrected chi connectivity index (χ4v) is 2.26. The van der Waals surface area contributed by atoms with Crippen LogP contribution in [0, 0.1) is 0 Å². The highest BCUT2D eigenvalue weighted by molar-refractivity contribution is 6.33. The molecule has 0 aromatic carbocycles. The topological polar surface area (TPSA) is 58.1 Å². The third-order valence-corrected chi connectivity index (χ3v) is 3.04. The Kier molecular flexibility index (Phi) is 3.69. The van der Waals surface area contributed by atoms with Crippen LogP contribution in [0.25, 0.3) is 0 Å². The van der Waals surface area contributed by atoms with E-state index < -0.39 is 0 Å². The molecule has 0 spiro atoms. The van der Waals surface area contributed by atoms with Gasteiger partial charge in [-0.15, -0.1) is 0 Å². The molecule has 1 aromatic rings. The number of nitrogens with one attached hydrogen (secondary N) is 1. The van der Waals surface area contributed by atoms with Crippen molar-refractivity contribution in [1.82, 2.24) is 15.3 Å². The van der Waals surface area contributed by atoms with Crippen LogP contribution in [0.1, 0.15) is 13.3 Å². The summed E-state index contributed by atoms with van der Waals surface area (Å²) in [6.07, 6.45) is 2.36. The summed E-state index contributed by atoms with van der Waals surface area (Å²) in [5, 5.41) is 3.52. The average Bonchev–Trinajstić information content (AvgIpc) is 2.69. The summed E-state index contributed by atoms with van der Waals surface area (Å²) < 4.78 is 0. The van der Waals surface area contributed by atoms with E-state index in [-0.39, 0.29) is 17.2 Å². The predicted octanol–water partition coefficient (Wildman–Crippen LogP) is 1.50. The summed E-state index contributed by atoms with van der Waals surface area (Å²) in [6, 6.07) is 0.136. The highest BCUT2D eigenvalue weighted by Gasteiger charge is 2.25. The van der Waals surface area contributed by atoms with Crippen molar-refractivity contribution in [3.05, 3.63) is 16.5 Å². The van der Waals surface area contributed by atoms with E-state index in [0.717, 1.165) is 13.0 Å². The van der Waals surface area contributed by atoms with Crippen molar-refractivity contribution in [2.45, 2.75) is 19.4 Å². The van der Waals surface area contributed by atoms with Crippen molar-refractivity contribution < 1.29 is 4.79 Å². The van der Waals surface area contributed by atoms with Gasteiger partial charge in [0.2, 0.25) is 11.2 Å². The van der Waals surface area contributed by atoms with Crippen LogP contribution in [0.4, 0.5) is 5.82 Å². The first-order chi connectivity index (χ1) is 8.06. The Morgan fingerprint density at radius 1 is 1.59 bits per heavy atom. The quantitative estimate of drug-likeness (QED) is 0.831. The van der Waals surface area contributed by atoms with E-state index in [4.69, 9.17) is 23.2 Å². The molecule has 1 aliphatic heterocycles. The number of anilines is 1. The van der Waals surface area contributed by atoms with Crippen molar-refractivity contribution >= 4 is 34.9 Å². The third-order valence-electron chi connectivity index (χ3n) is 2.59. The molecule has 1 saturated heterocycles. The monoisotopic (exact) mass is 274 g/mol. The Hall–Kier alpha value is -1.07. The minimum absolute atomic E-state index is 0.0244. The van der Waals surface area contributed by atoms with E-state index in [1.165, 1.54) is 13.1 Å². The van der Waals surface area contributed by atoms with Gasteiger partial charge in [0, 0.05) is 26.1 Å². The number of carbonyl (C=O) groups excluding carboxylic acids is 1. The lowest BCUT2D eigenvalue weighted by Crippen LogP contribution is -2.35. The van der Waals surface area contributed by atoms with Crippen molar-refractivity contribution in [1.29, 1.82) is 0 Å². The zero-order valence-corrected chi connectivity index (χ0v) is 10.8. The molecule has 1 aliphatic rings. The van der Waals surface area contributed by atoms with Gasteiger partial charge in [-0.2, -0.15) is 4.98 Å². The molecule has 1 N–H and O–H groups in total. The molecule has 7 heteroatoms. The Bertz CT molecular complexity index is 440. The summed E-state index contributed by atoms with van der Waals surface area (Å²) >= 11 is 11.8. The summed E-state index contributed by atoms with van der Waals surface area (Å²) in [5.41, 5.74) is 0. The molecular formula is C10H12Cl2N4O. The van der Waals surface area contributed by atoms with Crippen LogP contribution < -0.4 is 10.2 Å². The molecular weight excluding hydrogens is 263 g/mol. The van der Waals surface area contributed by atoms with Gasteiger partial charge in [-0.3, -0.25) is 4.79 Å². The number of amides is 1. The molecule has 1 fully saturated rings. The zero-order chi connectivity index (χ0) is 12.4. The van der Waals surface area contributed by atoms with Gasteiger partial charge in [0.1, 0.15) is 5.02 Å². The van der Waals surface area contributed by atoms with Crippen molar-refractivity contribution in [3.63, 3.8) is 0 Å². The second kappa shape index (κ2) is 5.06. The fraction of sp³-hybridized carbons (Fsp3) is 0.500. The molecule has 17 heavy (non-hydrogen) atoms. The maximum absolute atomic E-state index is 11.0. The van der Waals surface area contributed by atoms with Crippen molar-refractivity contribution in [2.75, 3.05) is 18.0 Å². The molecule has 1 atom stereocenters. The molecule has 5 nitrogen and oxygen atoms in total. The van der Waals surface area contributed by atoms with Crippen molar-refractivity contribution in [3.8, 4) is 0 Å². The molecule has 1 amide bonds. The molecule has 1 unspecified atom stereocenters. The summed E-state index contributed by atoms with van der Waals surface area (Å²) in [5.74, 6) is 0.600. The first kappa shape index (κ1) is 12.4. The summed E-state index contributed by atoms with van der Waals surface area (Å²) in [6.45, 7) is 2.99. The lowest BCUT2D eigenvalue weighted by atomic mass is 10.3. The molecule has 0 bridgehead atoms. The number of carbonyl (C=O) groups is 1. The highest BCUT2D eigenvalue weighted by Crippen LogP contribution is 2.26. The molecule has 0 saturated carbocycles.